The molecular formula is C24H26N2O3. The molecule has 2 aromatic carbocycles. The number of amides is 1. The molecule has 0 radical (unpaired) electrons. The van der Waals surface area contributed by atoms with Crippen LogP contribution in [0.4, 0.5) is 0 Å². The summed E-state index contributed by atoms with van der Waals surface area (Å²) in [5, 5.41) is 3.84. The Morgan fingerprint density at radius 3 is 2.72 bits per heavy atom. The number of H-pyrrole nitrogens is 1. The van der Waals surface area contributed by atoms with Crippen LogP contribution in [0.5, 0.6) is 0 Å². The number of aromatic nitrogens is 1. The lowest BCUT2D eigenvalue weighted by molar-refractivity contribution is -0.144. The molecule has 4 rings (SSSR count). The topological polar surface area (TPSA) is 71.2 Å². The van der Waals surface area contributed by atoms with Crippen molar-refractivity contribution in [1.29, 1.82) is 0 Å². The van der Waals surface area contributed by atoms with Crippen molar-refractivity contribution in [3.05, 3.63) is 70.9 Å². The molecule has 1 aliphatic carbocycles. The lowest BCUT2D eigenvalue weighted by Crippen LogP contribution is -2.42. The van der Waals surface area contributed by atoms with Crippen molar-refractivity contribution < 1.29 is 14.3 Å². The van der Waals surface area contributed by atoms with Crippen molar-refractivity contribution >= 4 is 22.8 Å². The Bertz CT molecular complexity index is 1050. The van der Waals surface area contributed by atoms with Gasteiger partial charge in [-0.05, 0) is 42.0 Å². The molecule has 0 fully saturated rings. The highest BCUT2D eigenvalue weighted by Crippen LogP contribution is 2.40. The number of carbonyl (C=O) groups is 2. The normalized spacial score (nSPS) is 16.8. The zero-order valence-electron chi connectivity index (χ0n) is 16.8. The highest BCUT2D eigenvalue weighted by molar-refractivity contribution is 5.88. The van der Waals surface area contributed by atoms with Gasteiger partial charge in [0, 0.05) is 35.9 Å². The second kappa shape index (κ2) is 8.11. The van der Waals surface area contributed by atoms with Crippen molar-refractivity contribution in [2.24, 2.45) is 0 Å². The molecule has 1 aliphatic rings. The van der Waals surface area contributed by atoms with Crippen molar-refractivity contribution in [1.82, 2.24) is 10.3 Å². The van der Waals surface area contributed by atoms with Gasteiger partial charge in [0.2, 0.25) is 5.91 Å². The number of aromatic amines is 1. The first-order chi connectivity index (χ1) is 14.1. The zero-order valence-corrected chi connectivity index (χ0v) is 16.8. The van der Waals surface area contributed by atoms with Gasteiger partial charge in [-0.15, -0.1) is 0 Å². The van der Waals surface area contributed by atoms with Crippen LogP contribution in [0.15, 0.2) is 48.5 Å². The van der Waals surface area contributed by atoms with E-state index in [-0.39, 0.29) is 11.8 Å². The number of methoxy groups -OCH3 is 1. The van der Waals surface area contributed by atoms with Gasteiger partial charge in [0.25, 0.3) is 0 Å². The molecule has 1 amide bonds. The minimum absolute atomic E-state index is 0.246. The number of ether oxygens (including phenoxy) is 1. The largest absolute Gasteiger partial charge is 0.467 e. The summed E-state index contributed by atoms with van der Waals surface area (Å²) in [6.07, 6.45) is 3.67. The Kier molecular flexibility index (Phi) is 5.38. The Balaban J connectivity index is 1.82. The van der Waals surface area contributed by atoms with Gasteiger partial charge in [0.05, 0.1) is 7.11 Å². The third-order valence-corrected chi connectivity index (χ3v) is 5.84. The molecule has 2 N–H and O–H groups in total. The van der Waals surface area contributed by atoms with E-state index in [0.717, 1.165) is 41.4 Å². The van der Waals surface area contributed by atoms with Crippen molar-refractivity contribution in [2.75, 3.05) is 7.11 Å². The number of hydrogen-bond donors (Lipinski definition) is 2. The second-order valence-electron chi connectivity index (χ2n) is 7.69. The number of hydrogen-bond acceptors (Lipinski definition) is 3. The SMILES string of the molecule is COC(=O)C(Cc1c(C2CCCc3ccccc32)[nH]c2ccccc12)NC(C)=O. The number of aryl methyl sites for hydroxylation is 1. The van der Waals surface area contributed by atoms with Gasteiger partial charge in [-0.2, -0.15) is 0 Å². The molecule has 2 unspecified atom stereocenters. The van der Waals surface area contributed by atoms with Gasteiger partial charge in [-0.1, -0.05) is 42.5 Å². The highest BCUT2D eigenvalue weighted by Gasteiger charge is 2.29. The molecule has 0 spiro atoms. The molecule has 0 saturated heterocycles. The molecule has 5 heteroatoms. The van der Waals surface area contributed by atoms with E-state index in [4.69, 9.17) is 4.74 Å². The van der Waals surface area contributed by atoms with E-state index >= 15 is 0 Å². The van der Waals surface area contributed by atoms with E-state index in [1.54, 1.807) is 0 Å². The molecule has 1 heterocycles. The van der Waals surface area contributed by atoms with Crippen molar-refractivity contribution in [3.8, 4) is 0 Å². The van der Waals surface area contributed by atoms with E-state index in [0.29, 0.717) is 6.42 Å². The minimum atomic E-state index is -0.714. The number of benzene rings is 2. The smallest absolute Gasteiger partial charge is 0.328 e. The predicted molar refractivity (Wildman–Crippen MR) is 113 cm³/mol. The molecule has 0 saturated carbocycles. The molecule has 0 aliphatic heterocycles. The Hall–Kier alpha value is -3.08. The predicted octanol–water partition coefficient (Wildman–Crippen LogP) is 3.86. The summed E-state index contributed by atoms with van der Waals surface area (Å²) < 4.78 is 4.95. The van der Waals surface area contributed by atoms with Crippen molar-refractivity contribution in [3.63, 3.8) is 0 Å². The first-order valence-corrected chi connectivity index (χ1v) is 10.1. The summed E-state index contributed by atoms with van der Waals surface area (Å²) in [4.78, 5) is 27.7. The van der Waals surface area contributed by atoms with E-state index in [9.17, 15) is 9.59 Å². The Morgan fingerprint density at radius 1 is 1.17 bits per heavy atom. The quantitative estimate of drug-likeness (QED) is 0.650. The van der Waals surface area contributed by atoms with Gasteiger partial charge >= 0.3 is 5.97 Å². The first-order valence-electron chi connectivity index (χ1n) is 10.1. The van der Waals surface area contributed by atoms with Gasteiger partial charge in [-0.3, -0.25) is 4.79 Å². The van der Waals surface area contributed by atoms with Crippen LogP contribution < -0.4 is 5.32 Å². The second-order valence-corrected chi connectivity index (χ2v) is 7.69. The summed E-state index contributed by atoms with van der Waals surface area (Å²) in [6, 6.07) is 16.0. The first kappa shape index (κ1) is 19.2. The maximum Gasteiger partial charge on any atom is 0.328 e. The number of fused-ring (bicyclic) bond motifs is 2. The Morgan fingerprint density at radius 2 is 1.93 bits per heavy atom. The van der Waals surface area contributed by atoms with E-state index in [1.807, 2.05) is 12.1 Å². The average Bonchev–Trinajstić information content (AvgIpc) is 3.10. The van der Waals surface area contributed by atoms with Crippen LogP contribution in [0, 0.1) is 0 Å². The molecule has 150 valence electrons. The van der Waals surface area contributed by atoms with Crippen molar-refractivity contribution in [2.45, 2.75) is 44.6 Å². The van der Waals surface area contributed by atoms with Crippen LogP contribution in [0.3, 0.4) is 0 Å². The van der Waals surface area contributed by atoms with Gasteiger partial charge < -0.3 is 15.0 Å². The third-order valence-electron chi connectivity index (χ3n) is 5.84. The maximum absolute atomic E-state index is 12.3. The fourth-order valence-corrected chi connectivity index (χ4v) is 4.58. The molecular weight excluding hydrogens is 364 g/mol. The molecule has 29 heavy (non-hydrogen) atoms. The highest BCUT2D eigenvalue weighted by atomic mass is 16.5. The zero-order chi connectivity index (χ0) is 20.4. The summed E-state index contributed by atoms with van der Waals surface area (Å²) in [6.45, 7) is 1.42. The van der Waals surface area contributed by atoms with Crippen LogP contribution >= 0.6 is 0 Å². The molecule has 3 aromatic rings. The van der Waals surface area contributed by atoms with Crippen LogP contribution in [0.1, 0.15) is 48.1 Å². The van der Waals surface area contributed by atoms with Crippen LogP contribution in [-0.2, 0) is 27.2 Å². The minimum Gasteiger partial charge on any atom is -0.467 e. The van der Waals surface area contributed by atoms with Crippen LogP contribution in [-0.4, -0.2) is 30.0 Å². The monoisotopic (exact) mass is 390 g/mol. The number of nitrogens with one attached hydrogen (secondary N) is 2. The van der Waals surface area contributed by atoms with Gasteiger partial charge in [-0.25, -0.2) is 4.79 Å². The number of carbonyl (C=O) groups excluding carboxylic acids is 2. The third kappa shape index (κ3) is 3.77. The number of rotatable bonds is 5. The summed E-state index contributed by atoms with van der Waals surface area (Å²) in [5.74, 6) is -0.428. The van der Waals surface area contributed by atoms with E-state index in [1.165, 1.54) is 25.2 Å². The molecule has 2 atom stereocenters. The van der Waals surface area contributed by atoms with Crippen LogP contribution in [0.2, 0.25) is 0 Å². The van der Waals surface area contributed by atoms with E-state index in [2.05, 4.69) is 46.7 Å². The summed E-state index contributed by atoms with van der Waals surface area (Å²) in [5.41, 5.74) is 6.00. The number of esters is 1. The summed E-state index contributed by atoms with van der Waals surface area (Å²) >= 11 is 0. The summed E-state index contributed by atoms with van der Waals surface area (Å²) in [7, 11) is 1.35. The number of para-hydroxylation sites is 1. The lowest BCUT2D eigenvalue weighted by Gasteiger charge is -2.26. The Labute approximate surface area is 170 Å². The molecule has 1 aromatic heterocycles. The molecule has 5 nitrogen and oxygen atoms in total. The average molecular weight is 390 g/mol. The fourth-order valence-electron chi connectivity index (χ4n) is 4.58. The van der Waals surface area contributed by atoms with E-state index < -0.39 is 12.0 Å². The van der Waals surface area contributed by atoms with Gasteiger partial charge in [0.1, 0.15) is 6.04 Å². The maximum atomic E-state index is 12.3. The van der Waals surface area contributed by atoms with Crippen LogP contribution in [0.25, 0.3) is 10.9 Å². The fraction of sp³-hybridized carbons (Fsp3) is 0.333. The lowest BCUT2D eigenvalue weighted by atomic mass is 9.79. The standard InChI is InChI=1S/C24H26N2O3/c1-15(27)25-22(24(28)29-2)14-20-18-11-5-6-13-21(18)26-23(20)19-12-7-9-16-8-3-4-10-17(16)19/h3-6,8,10-11,13,19,22,26H,7,9,12,14H2,1-2H3,(H,25,27). The van der Waals surface area contributed by atoms with Gasteiger partial charge in [0.15, 0.2) is 0 Å². The molecule has 0 bridgehead atoms.